The SMILES string of the molecule is COc1cccc(C2(c3ccccc3)C=Cc3c(C#N)n[nH]c3C2)c1.COc1cccc(C2(c3ccccc3)C=Cc3c(C(=O)N(C)OC)n[nH]c3C2)c1. The third kappa shape index (κ3) is 6.46. The van der Waals surface area contributed by atoms with Gasteiger partial charge in [-0.3, -0.25) is 19.8 Å². The highest BCUT2D eigenvalue weighted by Crippen LogP contribution is 2.44. The molecule has 1 amide bonds. The van der Waals surface area contributed by atoms with Crippen molar-refractivity contribution in [3.05, 3.63) is 178 Å². The summed E-state index contributed by atoms with van der Waals surface area (Å²) in [5.41, 5.74) is 8.25. The first kappa shape index (κ1) is 35.7. The van der Waals surface area contributed by atoms with Gasteiger partial charge in [-0.15, -0.1) is 0 Å². The number of hydrogen-bond acceptors (Lipinski definition) is 7. The number of H-pyrrole nitrogens is 2. The minimum Gasteiger partial charge on any atom is -0.497 e. The normalized spacial score (nSPS) is 18.0. The predicted octanol–water partition coefficient (Wildman–Crippen LogP) is 7.45. The standard InChI is InChI=1S/C23H23N3O3.C21H17N3O/c1-26(29-3)22(27)21-19-12-13-23(15-20(19)24-25-21,16-8-5-4-6-9-16)17-10-7-11-18(14-17)28-2;1-25-17-9-5-8-16(12-17)21(15-6-3-2-4-7-15)11-10-18-19(13-21)23-24-20(18)14-22/h4-14H,15H2,1-3H3,(H,24,25);2-12H,13H2,1H3,(H,23,24). The van der Waals surface area contributed by atoms with E-state index in [1.165, 1.54) is 17.7 Å². The van der Waals surface area contributed by atoms with Crippen LogP contribution in [0.3, 0.4) is 0 Å². The summed E-state index contributed by atoms with van der Waals surface area (Å²) in [5.74, 6) is 1.34. The molecule has 2 N–H and O–H groups in total. The molecule has 0 spiro atoms. The second-order valence-corrected chi connectivity index (χ2v) is 13.2. The lowest BCUT2D eigenvalue weighted by atomic mass is 9.68. The number of aromatic nitrogens is 4. The van der Waals surface area contributed by atoms with Gasteiger partial charge in [-0.2, -0.15) is 15.5 Å². The Hall–Kier alpha value is -6.70. The van der Waals surface area contributed by atoms with Crippen LogP contribution in [0.15, 0.2) is 121 Å². The number of allylic oxidation sites excluding steroid dienone is 2. The maximum absolute atomic E-state index is 12.6. The van der Waals surface area contributed by atoms with Crippen molar-refractivity contribution >= 4 is 18.1 Å². The summed E-state index contributed by atoms with van der Waals surface area (Å²) in [6.07, 6.45) is 9.67. The summed E-state index contributed by atoms with van der Waals surface area (Å²) in [6.45, 7) is 0. The molecule has 2 aromatic heterocycles. The van der Waals surface area contributed by atoms with E-state index >= 15 is 0 Å². The minimum atomic E-state index is -0.400. The minimum absolute atomic E-state index is 0.289. The Morgan fingerprint density at radius 1 is 0.685 bits per heavy atom. The second kappa shape index (κ2) is 15.1. The maximum atomic E-state index is 12.6. The zero-order valence-electron chi connectivity index (χ0n) is 30.5. The van der Waals surface area contributed by atoms with Gasteiger partial charge < -0.3 is 9.47 Å². The Morgan fingerprint density at radius 3 is 1.67 bits per heavy atom. The number of nitrogens with zero attached hydrogens (tertiary/aromatic N) is 4. The van der Waals surface area contributed by atoms with E-state index in [1.807, 2.05) is 72.8 Å². The number of rotatable bonds is 8. The number of amides is 1. The molecule has 4 aromatic carbocycles. The van der Waals surface area contributed by atoms with Gasteiger partial charge in [0, 0.05) is 53.2 Å². The number of methoxy groups -OCH3 is 2. The molecule has 0 fully saturated rings. The van der Waals surface area contributed by atoms with Crippen molar-refractivity contribution in [3.63, 3.8) is 0 Å². The van der Waals surface area contributed by atoms with Crippen LogP contribution >= 0.6 is 0 Å². The number of ether oxygens (including phenoxy) is 2. The highest BCUT2D eigenvalue weighted by Gasteiger charge is 2.38. The first-order valence-electron chi connectivity index (χ1n) is 17.5. The van der Waals surface area contributed by atoms with Gasteiger partial charge in [0.05, 0.1) is 21.3 Å². The average molecular weight is 717 g/mol. The molecule has 2 atom stereocenters. The molecular formula is C44H40N6O4. The average Bonchev–Trinajstić information content (AvgIpc) is 3.87. The molecule has 2 aliphatic rings. The number of hydroxylamine groups is 2. The summed E-state index contributed by atoms with van der Waals surface area (Å²) >= 11 is 0. The lowest BCUT2D eigenvalue weighted by Crippen LogP contribution is -2.31. The van der Waals surface area contributed by atoms with Crippen molar-refractivity contribution in [2.24, 2.45) is 0 Å². The Balaban J connectivity index is 0.000000168. The van der Waals surface area contributed by atoms with Crippen molar-refractivity contribution in [1.29, 1.82) is 5.26 Å². The number of nitriles is 1. The van der Waals surface area contributed by atoms with Gasteiger partial charge in [0.15, 0.2) is 11.4 Å². The third-order valence-electron chi connectivity index (χ3n) is 10.4. The largest absolute Gasteiger partial charge is 0.497 e. The Bertz CT molecular complexity index is 2380. The number of fused-ring (bicyclic) bond motifs is 2. The quantitative estimate of drug-likeness (QED) is 0.157. The van der Waals surface area contributed by atoms with E-state index in [9.17, 15) is 10.1 Å². The van der Waals surface area contributed by atoms with Gasteiger partial charge in [-0.1, -0.05) is 109 Å². The van der Waals surface area contributed by atoms with Crippen LogP contribution in [-0.4, -0.2) is 59.7 Å². The highest BCUT2D eigenvalue weighted by atomic mass is 16.7. The first-order valence-corrected chi connectivity index (χ1v) is 17.5. The van der Waals surface area contributed by atoms with Gasteiger partial charge in [0.25, 0.3) is 5.91 Å². The van der Waals surface area contributed by atoms with Crippen LogP contribution in [0.4, 0.5) is 0 Å². The van der Waals surface area contributed by atoms with Gasteiger partial charge in [-0.05, 0) is 46.5 Å². The van der Waals surface area contributed by atoms with Crippen LogP contribution in [0, 0.1) is 11.3 Å². The summed E-state index contributed by atoms with van der Waals surface area (Å²) in [7, 11) is 6.37. The summed E-state index contributed by atoms with van der Waals surface area (Å²) in [4.78, 5) is 17.6. The Labute approximate surface area is 314 Å². The highest BCUT2D eigenvalue weighted by molar-refractivity contribution is 5.96. The number of benzene rings is 4. The van der Waals surface area contributed by atoms with Crippen LogP contribution in [-0.2, 0) is 28.5 Å². The Kier molecular flexibility index (Phi) is 9.99. The van der Waals surface area contributed by atoms with Crippen molar-refractivity contribution in [2.75, 3.05) is 28.4 Å². The number of carbonyl (C=O) groups excluding carboxylic acids is 1. The number of nitrogens with one attached hydrogen (secondary N) is 2. The molecule has 10 nitrogen and oxygen atoms in total. The van der Waals surface area contributed by atoms with E-state index in [2.05, 4.69) is 87.1 Å². The summed E-state index contributed by atoms with van der Waals surface area (Å²) in [6, 6.07) is 39.1. The zero-order valence-corrected chi connectivity index (χ0v) is 30.5. The molecule has 2 aliphatic carbocycles. The van der Waals surface area contributed by atoms with Gasteiger partial charge in [0.2, 0.25) is 0 Å². The topological polar surface area (TPSA) is 129 Å². The van der Waals surface area contributed by atoms with E-state index in [-0.39, 0.29) is 11.3 Å². The summed E-state index contributed by atoms with van der Waals surface area (Å²) < 4.78 is 10.9. The van der Waals surface area contributed by atoms with Gasteiger partial charge in [-0.25, -0.2) is 5.06 Å². The second-order valence-electron chi connectivity index (χ2n) is 13.2. The van der Waals surface area contributed by atoms with Crippen LogP contribution < -0.4 is 9.47 Å². The smallest absolute Gasteiger partial charge is 0.298 e. The van der Waals surface area contributed by atoms with E-state index in [0.29, 0.717) is 24.2 Å². The molecule has 54 heavy (non-hydrogen) atoms. The van der Waals surface area contributed by atoms with Gasteiger partial charge in [0.1, 0.15) is 17.6 Å². The van der Waals surface area contributed by atoms with E-state index in [0.717, 1.165) is 50.7 Å². The molecule has 2 unspecified atom stereocenters. The van der Waals surface area contributed by atoms with Crippen LogP contribution in [0.5, 0.6) is 11.5 Å². The molecule has 0 saturated carbocycles. The van der Waals surface area contributed by atoms with Gasteiger partial charge >= 0.3 is 0 Å². The molecule has 0 radical (unpaired) electrons. The fraction of sp³-hybridized carbons (Fsp3) is 0.182. The lowest BCUT2D eigenvalue weighted by Gasteiger charge is -2.34. The zero-order chi connectivity index (χ0) is 37.7. The van der Waals surface area contributed by atoms with E-state index in [1.54, 1.807) is 21.3 Å². The third-order valence-corrected chi connectivity index (χ3v) is 10.4. The lowest BCUT2D eigenvalue weighted by molar-refractivity contribution is -0.0760. The molecule has 0 aliphatic heterocycles. The number of aromatic amines is 2. The van der Waals surface area contributed by atoms with Crippen molar-refractivity contribution in [1.82, 2.24) is 25.5 Å². The number of carbonyl (C=O) groups is 1. The summed E-state index contributed by atoms with van der Waals surface area (Å²) in [5, 5.41) is 24.9. The molecular weight excluding hydrogens is 677 g/mol. The maximum Gasteiger partial charge on any atom is 0.298 e. The Morgan fingerprint density at radius 2 is 1.17 bits per heavy atom. The molecule has 2 heterocycles. The van der Waals surface area contributed by atoms with Crippen molar-refractivity contribution < 1.29 is 19.1 Å². The van der Waals surface area contributed by atoms with Crippen LogP contribution in [0.25, 0.3) is 12.2 Å². The van der Waals surface area contributed by atoms with Crippen LogP contribution in [0.1, 0.15) is 61.0 Å². The van der Waals surface area contributed by atoms with E-state index in [4.69, 9.17) is 14.3 Å². The fourth-order valence-electron chi connectivity index (χ4n) is 7.41. The molecule has 0 bridgehead atoms. The molecule has 6 aromatic rings. The van der Waals surface area contributed by atoms with Crippen molar-refractivity contribution in [2.45, 2.75) is 23.7 Å². The molecule has 8 rings (SSSR count). The number of hydrogen-bond donors (Lipinski definition) is 2. The molecule has 270 valence electrons. The van der Waals surface area contributed by atoms with Crippen molar-refractivity contribution in [3.8, 4) is 17.6 Å². The monoisotopic (exact) mass is 716 g/mol. The molecule has 0 saturated heterocycles. The fourth-order valence-corrected chi connectivity index (χ4v) is 7.41. The first-order chi connectivity index (χ1) is 26.4. The predicted molar refractivity (Wildman–Crippen MR) is 207 cm³/mol. The molecule has 10 heteroatoms. The van der Waals surface area contributed by atoms with Crippen LogP contribution in [0.2, 0.25) is 0 Å². The van der Waals surface area contributed by atoms with E-state index < -0.39 is 5.41 Å².